The SMILES string of the molecule is CNCC(O)C(O)c1c[nH]ccc1=O. The predicted molar refractivity (Wildman–Crippen MR) is 52.0 cm³/mol. The molecule has 0 aromatic carbocycles. The lowest BCUT2D eigenvalue weighted by Gasteiger charge is -2.16. The summed E-state index contributed by atoms with van der Waals surface area (Å²) in [5.41, 5.74) is -0.110. The summed E-state index contributed by atoms with van der Waals surface area (Å²) in [6, 6.07) is 1.31. The molecule has 0 saturated heterocycles. The lowest BCUT2D eigenvalue weighted by Crippen LogP contribution is -2.32. The predicted octanol–water partition coefficient (Wildman–Crippen LogP) is -1.01. The van der Waals surface area contributed by atoms with Crippen molar-refractivity contribution in [3.05, 3.63) is 34.2 Å². The van der Waals surface area contributed by atoms with Gasteiger partial charge in [-0.05, 0) is 7.05 Å². The molecule has 0 aliphatic heterocycles. The summed E-state index contributed by atoms with van der Waals surface area (Å²) >= 11 is 0. The number of aromatic nitrogens is 1. The van der Waals surface area contributed by atoms with E-state index in [-0.39, 0.29) is 17.5 Å². The Bertz CT molecular complexity index is 337. The number of aliphatic hydroxyl groups is 2. The van der Waals surface area contributed by atoms with Gasteiger partial charge in [0, 0.05) is 30.6 Å². The molecule has 5 nitrogen and oxygen atoms in total. The van der Waals surface area contributed by atoms with Gasteiger partial charge >= 0.3 is 0 Å². The van der Waals surface area contributed by atoms with Crippen LogP contribution in [-0.4, -0.2) is 34.9 Å². The number of hydrogen-bond donors (Lipinski definition) is 4. The Labute approximate surface area is 81.4 Å². The van der Waals surface area contributed by atoms with Crippen LogP contribution in [0, 0.1) is 0 Å². The van der Waals surface area contributed by atoms with Crippen LogP contribution in [0.4, 0.5) is 0 Å². The monoisotopic (exact) mass is 198 g/mol. The second kappa shape index (κ2) is 4.90. The first kappa shape index (κ1) is 10.9. The summed E-state index contributed by atoms with van der Waals surface area (Å²) in [7, 11) is 1.66. The maximum Gasteiger partial charge on any atom is 0.187 e. The number of aromatic amines is 1. The summed E-state index contributed by atoms with van der Waals surface area (Å²) in [6.45, 7) is 0.232. The zero-order valence-corrected chi connectivity index (χ0v) is 7.90. The highest BCUT2D eigenvalue weighted by atomic mass is 16.3. The molecule has 0 saturated carbocycles. The molecule has 14 heavy (non-hydrogen) atoms. The van der Waals surface area contributed by atoms with Crippen LogP contribution in [0.2, 0.25) is 0 Å². The molecule has 0 aliphatic rings. The van der Waals surface area contributed by atoms with Crippen molar-refractivity contribution < 1.29 is 10.2 Å². The molecule has 2 atom stereocenters. The van der Waals surface area contributed by atoms with Gasteiger partial charge in [0.1, 0.15) is 6.10 Å². The summed E-state index contributed by atoms with van der Waals surface area (Å²) in [5, 5.41) is 21.7. The van der Waals surface area contributed by atoms with E-state index >= 15 is 0 Å². The molecular weight excluding hydrogens is 184 g/mol. The van der Waals surface area contributed by atoms with Gasteiger partial charge in [-0.25, -0.2) is 0 Å². The highest BCUT2D eigenvalue weighted by Crippen LogP contribution is 2.10. The Morgan fingerprint density at radius 3 is 2.86 bits per heavy atom. The number of rotatable bonds is 4. The van der Waals surface area contributed by atoms with Gasteiger partial charge in [0.2, 0.25) is 0 Å². The van der Waals surface area contributed by atoms with Gasteiger partial charge in [-0.15, -0.1) is 0 Å². The molecule has 0 radical (unpaired) electrons. The summed E-state index contributed by atoms with van der Waals surface area (Å²) < 4.78 is 0. The first-order valence-electron chi connectivity index (χ1n) is 4.34. The fourth-order valence-corrected chi connectivity index (χ4v) is 1.19. The van der Waals surface area contributed by atoms with E-state index in [1.165, 1.54) is 18.5 Å². The smallest absolute Gasteiger partial charge is 0.187 e. The maximum atomic E-state index is 11.3. The van der Waals surface area contributed by atoms with Crippen LogP contribution in [-0.2, 0) is 0 Å². The fraction of sp³-hybridized carbons (Fsp3) is 0.444. The molecule has 0 spiro atoms. The molecule has 1 heterocycles. The molecular formula is C9H14N2O3. The lowest BCUT2D eigenvalue weighted by molar-refractivity contribution is 0.0194. The minimum atomic E-state index is -1.16. The number of nitrogens with one attached hydrogen (secondary N) is 2. The maximum absolute atomic E-state index is 11.3. The molecule has 0 bridgehead atoms. The molecule has 0 amide bonds. The van der Waals surface area contributed by atoms with Gasteiger partial charge in [0.25, 0.3) is 0 Å². The van der Waals surface area contributed by atoms with Crippen LogP contribution >= 0.6 is 0 Å². The van der Waals surface area contributed by atoms with Crippen molar-refractivity contribution in [2.45, 2.75) is 12.2 Å². The second-order valence-electron chi connectivity index (χ2n) is 3.03. The van der Waals surface area contributed by atoms with Crippen molar-refractivity contribution in [2.24, 2.45) is 0 Å². The quantitative estimate of drug-likeness (QED) is 0.499. The van der Waals surface area contributed by atoms with Crippen molar-refractivity contribution in [3.63, 3.8) is 0 Å². The molecule has 1 aromatic rings. The van der Waals surface area contributed by atoms with Crippen LogP contribution in [0.15, 0.2) is 23.3 Å². The Hall–Kier alpha value is -1.17. The summed E-state index contributed by atoms with van der Waals surface area (Å²) in [4.78, 5) is 13.9. The van der Waals surface area contributed by atoms with E-state index in [1.54, 1.807) is 7.05 Å². The largest absolute Gasteiger partial charge is 0.389 e. The van der Waals surface area contributed by atoms with Gasteiger partial charge in [0.15, 0.2) is 5.43 Å². The highest BCUT2D eigenvalue weighted by Gasteiger charge is 2.19. The van der Waals surface area contributed by atoms with E-state index in [0.717, 1.165) is 0 Å². The average Bonchev–Trinajstić information content (AvgIpc) is 2.18. The zero-order valence-electron chi connectivity index (χ0n) is 7.90. The summed E-state index contributed by atoms with van der Waals surface area (Å²) in [6.07, 6.45) is 0.727. The van der Waals surface area contributed by atoms with Crippen molar-refractivity contribution in [3.8, 4) is 0 Å². The standard InChI is InChI=1S/C9H14N2O3/c1-10-5-8(13)9(14)6-4-11-3-2-7(6)12/h2-4,8-10,13-14H,5H2,1H3,(H,11,12). The molecule has 0 fully saturated rings. The van der Waals surface area contributed by atoms with Crippen molar-refractivity contribution >= 4 is 0 Å². The minimum absolute atomic E-state index is 0.176. The molecule has 1 rings (SSSR count). The third-order valence-corrected chi connectivity index (χ3v) is 1.95. The topological polar surface area (TPSA) is 85.3 Å². The van der Waals surface area contributed by atoms with E-state index in [0.29, 0.717) is 0 Å². The molecule has 0 aliphatic carbocycles. The van der Waals surface area contributed by atoms with E-state index in [4.69, 9.17) is 0 Å². The molecule has 5 heteroatoms. The zero-order chi connectivity index (χ0) is 10.6. The number of likely N-dealkylation sites (N-methyl/N-ethyl adjacent to an activating group) is 1. The van der Waals surface area contributed by atoms with Gasteiger partial charge in [0.05, 0.1) is 6.10 Å². The Balaban J connectivity index is 2.84. The Morgan fingerprint density at radius 2 is 2.29 bits per heavy atom. The first-order chi connectivity index (χ1) is 6.66. The van der Waals surface area contributed by atoms with E-state index < -0.39 is 12.2 Å². The van der Waals surface area contributed by atoms with E-state index in [1.807, 2.05) is 0 Å². The normalized spacial score (nSPS) is 15.1. The summed E-state index contributed by atoms with van der Waals surface area (Å²) in [5.74, 6) is 0. The highest BCUT2D eigenvalue weighted by molar-refractivity contribution is 5.13. The van der Waals surface area contributed by atoms with Crippen molar-refractivity contribution in [1.82, 2.24) is 10.3 Å². The Kier molecular flexibility index (Phi) is 3.82. The van der Waals surface area contributed by atoms with Crippen LogP contribution in [0.1, 0.15) is 11.7 Å². The molecule has 78 valence electrons. The first-order valence-corrected chi connectivity index (χ1v) is 4.34. The molecule has 4 N–H and O–H groups in total. The number of pyridine rings is 1. The molecule has 2 unspecified atom stereocenters. The number of aliphatic hydroxyl groups excluding tert-OH is 2. The third kappa shape index (κ3) is 2.41. The second-order valence-corrected chi connectivity index (χ2v) is 3.03. The van der Waals surface area contributed by atoms with E-state index in [9.17, 15) is 15.0 Å². The minimum Gasteiger partial charge on any atom is -0.389 e. The van der Waals surface area contributed by atoms with Gasteiger partial charge in [-0.3, -0.25) is 4.79 Å². The third-order valence-electron chi connectivity index (χ3n) is 1.95. The molecule has 1 aromatic heterocycles. The van der Waals surface area contributed by atoms with Crippen LogP contribution in [0.5, 0.6) is 0 Å². The van der Waals surface area contributed by atoms with Crippen molar-refractivity contribution in [1.29, 1.82) is 0 Å². The van der Waals surface area contributed by atoms with Gasteiger partial charge in [-0.2, -0.15) is 0 Å². The Morgan fingerprint density at radius 1 is 1.57 bits per heavy atom. The van der Waals surface area contributed by atoms with Gasteiger partial charge < -0.3 is 20.5 Å². The lowest BCUT2D eigenvalue weighted by atomic mass is 10.1. The van der Waals surface area contributed by atoms with Crippen LogP contribution in [0.25, 0.3) is 0 Å². The van der Waals surface area contributed by atoms with Crippen LogP contribution < -0.4 is 10.7 Å². The van der Waals surface area contributed by atoms with Gasteiger partial charge in [-0.1, -0.05) is 0 Å². The number of H-pyrrole nitrogens is 1. The number of hydrogen-bond acceptors (Lipinski definition) is 4. The fourth-order valence-electron chi connectivity index (χ4n) is 1.19. The average molecular weight is 198 g/mol. The van der Waals surface area contributed by atoms with Crippen molar-refractivity contribution in [2.75, 3.05) is 13.6 Å². The van der Waals surface area contributed by atoms with Crippen LogP contribution in [0.3, 0.4) is 0 Å². The van der Waals surface area contributed by atoms with E-state index in [2.05, 4.69) is 10.3 Å².